The summed E-state index contributed by atoms with van der Waals surface area (Å²) >= 11 is 0. The number of aryl methyl sites for hydroxylation is 1. The molecule has 2 aromatic rings. The van der Waals surface area contributed by atoms with Crippen molar-refractivity contribution in [1.29, 1.82) is 0 Å². The molecule has 0 aliphatic heterocycles. The molecule has 34 heavy (non-hydrogen) atoms. The molecular weight excluding hydrogens is 560 g/mol. The fourth-order valence-electron chi connectivity index (χ4n) is 4.78. The van der Waals surface area contributed by atoms with E-state index >= 15 is 0 Å². The quantitative estimate of drug-likeness (QED) is 0.169. The summed E-state index contributed by atoms with van der Waals surface area (Å²) in [6.07, 6.45) is 10.2. The molecule has 1 aliphatic carbocycles. The maximum atomic E-state index is 9.87. The van der Waals surface area contributed by atoms with Crippen molar-refractivity contribution in [2.75, 3.05) is 26.2 Å². The van der Waals surface area contributed by atoms with Crippen LogP contribution >= 0.6 is 34.0 Å². The summed E-state index contributed by atoms with van der Waals surface area (Å²) in [6.45, 7) is 6.56. The second kappa shape index (κ2) is 16.4. The molecule has 0 spiro atoms. The first-order chi connectivity index (χ1) is 15.6. The number of nitrogens with one attached hydrogen (secondary N) is 1. The first kappa shape index (κ1) is 30.8. The van der Waals surface area contributed by atoms with Crippen molar-refractivity contribution in [3.8, 4) is 17.2 Å². The van der Waals surface area contributed by atoms with Crippen LogP contribution in [0.3, 0.4) is 0 Å². The zero-order chi connectivity index (χ0) is 22.8. The summed E-state index contributed by atoms with van der Waals surface area (Å²) in [7, 11) is 0. The van der Waals surface area contributed by atoms with Gasteiger partial charge in [0.05, 0.1) is 0 Å². The fourth-order valence-corrected chi connectivity index (χ4v) is 4.78. The van der Waals surface area contributed by atoms with E-state index in [1.165, 1.54) is 42.4 Å². The smallest absolute Gasteiger partial charge is 0.157 e. The van der Waals surface area contributed by atoms with Crippen LogP contribution in [-0.4, -0.2) is 52.4 Å². The zero-order valence-corrected chi connectivity index (χ0v) is 23.8. The van der Waals surface area contributed by atoms with E-state index in [-0.39, 0.29) is 45.5 Å². The standard InChI is InChI=1S/C27H40N2O3.2BrH/c1-2-16-29(24-10-9-22-19-26(31)27(32)20-23(22)18-24)17-6-4-3-5-14-28-15-13-21-7-11-25(30)12-8-21;;/h7-8,11-12,19-20,24,28,30-32H,2-6,9-10,13-18H2,1H3;2*1H/t24-;;/m1../s1. The number of fused-ring (bicyclic) bond motifs is 1. The Morgan fingerprint density at radius 2 is 1.53 bits per heavy atom. The van der Waals surface area contributed by atoms with Gasteiger partial charge in [0.25, 0.3) is 0 Å². The van der Waals surface area contributed by atoms with Gasteiger partial charge in [-0.05, 0) is 112 Å². The molecule has 0 radical (unpaired) electrons. The first-order valence-electron chi connectivity index (χ1n) is 12.3. The average molecular weight is 602 g/mol. The number of phenolic OH excluding ortho intramolecular Hbond substituents is 3. The number of rotatable bonds is 13. The third-order valence-corrected chi connectivity index (χ3v) is 6.60. The van der Waals surface area contributed by atoms with Crippen molar-refractivity contribution in [2.24, 2.45) is 0 Å². The molecule has 7 heteroatoms. The summed E-state index contributed by atoms with van der Waals surface area (Å²) < 4.78 is 0. The van der Waals surface area contributed by atoms with Gasteiger partial charge < -0.3 is 25.5 Å². The van der Waals surface area contributed by atoms with Gasteiger partial charge in [-0.15, -0.1) is 34.0 Å². The van der Waals surface area contributed by atoms with Gasteiger partial charge in [0.2, 0.25) is 0 Å². The van der Waals surface area contributed by atoms with Gasteiger partial charge >= 0.3 is 0 Å². The molecule has 0 aromatic heterocycles. The van der Waals surface area contributed by atoms with Crippen molar-refractivity contribution in [3.05, 3.63) is 53.1 Å². The van der Waals surface area contributed by atoms with Crippen molar-refractivity contribution >= 4 is 34.0 Å². The number of benzene rings is 2. The van der Waals surface area contributed by atoms with Gasteiger partial charge in [-0.1, -0.05) is 31.9 Å². The highest BCUT2D eigenvalue weighted by Crippen LogP contribution is 2.33. The van der Waals surface area contributed by atoms with Crippen LogP contribution in [-0.2, 0) is 19.3 Å². The number of phenols is 3. The Bertz CT molecular complexity index is 833. The lowest BCUT2D eigenvalue weighted by atomic mass is 9.87. The Labute approximate surface area is 226 Å². The van der Waals surface area contributed by atoms with Crippen molar-refractivity contribution in [1.82, 2.24) is 10.2 Å². The molecule has 0 heterocycles. The monoisotopic (exact) mass is 600 g/mol. The van der Waals surface area contributed by atoms with Crippen LogP contribution in [0.15, 0.2) is 36.4 Å². The molecule has 0 unspecified atom stereocenters. The van der Waals surface area contributed by atoms with Crippen LogP contribution < -0.4 is 5.32 Å². The number of nitrogens with zero attached hydrogens (tertiary/aromatic N) is 1. The van der Waals surface area contributed by atoms with E-state index in [1.54, 1.807) is 24.3 Å². The van der Waals surface area contributed by atoms with Crippen LogP contribution in [0.1, 0.15) is 62.1 Å². The molecule has 2 aromatic carbocycles. The lowest BCUT2D eigenvalue weighted by Gasteiger charge is -2.35. The molecule has 5 nitrogen and oxygen atoms in total. The molecular formula is C27H42Br2N2O3. The normalized spacial score (nSPS) is 14.8. The van der Waals surface area contributed by atoms with E-state index in [0.29, 0.717) is 11.8 Å². The van der Waals surface area contributed by atoms with Gasteiger partial charge in [0.15, 0.2) is 11.5 Å². The van der Waals surface area contributed by atoms with E-state index in [4.69, 9.17) is 0 Å². The minimum atomic E-state index is 0. The minimum absolute atomic E-state index is 0. The van der Waals surface area contributed by atoms with E-state index in [0.717, 1.165) is 58.3 Å². The predicted octanol–water partition coefficient (Wildman–Crippen LogP) is 5.92. The molecule has 1 aliphatic rings. The van der Waals surface area contributed by atoms with Gasteiger partial charge in [-0.25, -0.2) is 0 Å². The summed E-state index contributed by atoms with van der Waals surface area (Å²) in [5.74, 6) is 0.331. The first-order valence-corrected chi connectivity index (χ1v) is 12.3. The largest absolute Gasteiger partial charge is 0.508 e. The Balaban J connectivity index is 0.00000289. The maximum absolute atomic E-state index is 9.87. The lowest BCUT2D eigenvalue weighted by molar-refractivity contribution is 0.176. The van der Waals surface area contributed by atoms with Gasteiger partial charge in [-0.2, -0.15) is 0 Å². The van der Waals surface area contributed by atoms with Crippen LogP contribution in [0.5, 0.6) is 17.2 Å². The Hall–Kier alpha value is -1.28. The zero-order valence-electron chi connectivity index (χ0n) is 20.3. The van der Waals surface area contributed by atoms with E-state index < -0.39 is 0 Å². The van der Waals surface area contributed by atoms with Gasteiger partial charge in [0, 0.05) is 6.04 Å². The molecule has 0 amide bonds. The predicted molar refractivity (Wildman–Crippen MR) is 151 cm³/mol. The summed E-state index contributed by atoms with van der Waals surface area (Å²) in [5.41, 5.74) is 3.63. The van der Waals surface area contributed by atoms with Crippen LogP contribution in [0.4, 0.5) is 0 Å². The summed E-state index contributed by atoms with van der Waals surface area (Å²) in [4.78, 5) is 2.64. The van der Waals surface area contributed by atoms with Crippen LogP contribution in [0.2, 0.25) is 0 Å². The van der Waals surface area contributed by atoms with Crippen molar-refractivity contribution in [3.63, 3.8) is 0 Å². The van der Waals surface area contributed by atoms with Gasteiger partial charge in [0.1, 0.15) is 5.75 Å². The molecule has 0 fully saturated rings. The minimum Gasteiger partial charge on any atom is -0.508 e. The molecule has 1 atom stereocenters. The highest BCUT2D eigenvalue weighted by atomic mass is 79.9. The van der Waals surface area contributed by atoms with E-state index in [1.807, 2.05) is 12.1 Å². The number of aromatic hydroxyl groups is 3. The van der Waals surface area contributed by atoms with Gasteiger partial charge in [-0.3, -0.25) is 0 Å². The molecule has 0 saturated heterocycles. The van der Waals surface area contributed by atoms with E-state index in [2.05, 4.69) is 17.1 Å². The SMILES string of the molecule is Br.Br.CCCN(CCCCCCNCCc1ccc(O)cc1)[C@@H]1CCc2cc(O)c(O)cc2C1. The van der Waals surface area contributed by atoms with Crippen LogP contribution in [0.25, 0.3) is 0 Å². The Morgan fingerprint density at radius 3 is 2.24 bits per heavy atom. The number of hydrogen-bond acceptors (Lipinski definition) is 5. The maximum Gasteiger partial charge on any atom is 0.157 e. The third kappa shape index (κ3) is 9.76. The van der Waals surface area contributed by atoms with E-state index in [9.17, 15) is 15.3 Å². The molecule has 0 saturated carbocycles. The topological polar surface area (TPSA) is 76.0 Å². The summed E-state index contributed by atoms with van der Waals surface area (Å²) in [6, 6.07) is 11.5. The molecule has 192 valence electrons. The Morgan fingerprint density at radius 1 is 0.853 bits per heavy atom. The lowest BCUT2D eigenvalue weighted by Crippen LogP contribution is -2.40. The average Bonchev–Trinajstić information content (AvgIpc) is 2.79. The fraction of sp³-hybridized carbons (Fsp3) is 0.556. The number of hydrogen-bond donors (Lipinski definition) is 4. The van der Waals surface area contributed by atoms with Crippen LogP contribution in [0, 0.1) is 0 Å². The highest BCUT2D eigenvalue weighted by molar-refractivity contribution is 8.93. The highest BCUT2D eigenvalue weighted by Gasteiger charge is 2.24. The Kier molecular flexibility index (Phi) is 14.8. The second-order valence-corrected chi connectivity index (χ2v) is 9.12. The van der Waals surface area contributed by atoms with Crippen molar-refractivity contribution in [2.45, 2.75) is 70.8 Å². The molecule has 0 bridgehead atoms. The third-order valence-electron chi connectivity index (χ3n) is 6.60. The number of halogens is 2. The number of unbranched alkanes of at least 4 members (excludes halogenated alkanes) is 3. The molecule has 4 N–H and O–H groups in total. The second-order valence-electron chi connectivity index (χ2n) is 9.12. The molecule has 3 rings (SSSR count). The van der Waals surface area contributed by atoms with Crippen molar-refractivity contribution < 1.29 is 15.3 Å². The summed E-state index contributed by atoms with van der Waals surface area (Å²) in [5, 5.41) is 32.5.